The number of sulfone groups is 1. The van der Waals surface area contributed by atoms with Crippen molar-refractivity contribution >= 4 is 32.4 Å². The molecule has 0 saturated heterocycles. The summed E-state index contributed by atoms with van der Waals surface area (Å²) in [5.41, 5.74) is 1.85. The SMILES string of the molecule is COc1ccc(OC)c(Nc2nc3ccccc3nc2CS(=O)(=O)c2cccc(F)c2)c1. The summed E-state index contributed by atoms with van der Waals surface area (Å²) in [7, 11) is -0.824. The van der Waals surface area contributed by atoms with Gasteiger partial charge in [-0.05, 0) is 42.5 Å². The van der Waals surface area contributed by atoms with Gasteiger partial charge in [0, 0.05) is 6.07 Å². The van der Waals surface area contributed by atoms with Gasteiger partial charge in [-0.15, -0.1) is 0 Å². The summed E-state index contributed by atoms with van der Waals surface area (Å²) >= 11 is 0. The van der Waals surface area contributed by atoms with Crippen LogP contribution in [0.25, 0.3) is 11.0 Å². The van der Waals surface area contributed by atoms with Gasteiger partial charge in [-0.1, -0.05) is 18.2 Å². The van der Waals surface area contributed by atoms with Gasteiger partial charge >= 0.3 is 0 Å². The van der Waals surface area contributed by atoms with Crippen LogP contribution in [-0.4, -0.2) is 32.6 Å². The van der Waals surface area contributed by atoms with Gasteiger partial charge in [0.25, 0.3) is 0 Å². The molecule has 0 amide bonds. The lowest BCUT2D eigenvalue weighted by molar-refractivity contribution is 0.405. The summed E-state index contributed by atoms with van der Waals surface area (Å²) in [5, 5.41) is 3.13. The lowest BCUT2D eigenvalue weighted by Gasteiger charge is -2.15. The van der Waals surface area contributed by atoms with Crippen molar-refractivity contribution in [2.75, 3.05) is 19.5 Å². The summed E-state index contributed by atoms with van der Waals surface area (Å²) in [6.07, 6.45) is 0. The highest BCUT2D eigenvalue weighted by Gasteiger charge is 2.21. The average Bonchev–Trinajstić information content (AvgIpc) is 2.79. The van der Waals surface area contributed by atoms with Crippen molar-refractivity contribution in [1.82, 2.24) is 9.97 Å². The Hall–Kier alpha value is -3.72. The number of aromatic nitrogens is 2. The number of benzene rings is 3. The highest BCUT2D eigenvalue weighted by Crippen LogP contribution is 2.33. The first-order valence-electron chi connectivity index (χ1n) is 9.62. The molecule has 0 aliphatic rings. The largest absolute Gasteiger partial charge is 0.497 e. The third-order valence-electron chi connectivity index (χ3n) is 4.78. The third kappa shape index (κ3) is 4.47. The van der Waals surface area contributed by atoms with Gasteiger partial charge in [0.1, 0.15) is 23.1 Å². The molecule has 1 aromatic heterocycles. The van der Waals surface area contributed by atoms with E-state index in [1.54, 1.807) is 43.5 Å². The first kappa shape index (κ1) is 21.5. The summed E-state index contributed by atoms with van der Waals surface area (Å²) in [6.45, 7) is 0. The number of anilines is 2. The number of ether oxygens (including phenoxy) is 2. The molecular formula is C23H20FN3O4S. The van der Waals surface area contributed by atoms with Crippen molar-refractivity contribution in [2.24, 2.45) is 0 Å². The number of hydrogen-bond acceptors (Lipinski definition) is 7. The highest BCUT2D eigenvalue weighted by molar-refractivity contribution is 7.90. The van der Waals surface area contributed by atoms with Crippen LogP contribution in [0.2, 0.25) is 0 Å². The Labute approximate surface area is 184 Å². The second-order valence-electron chi connectivity index (χ2n) is 6.92. The minimum atomic E-state index is -3.89. The Morgan fingerprint density at radius 3 is 2.34 bits per heavy atom. The molecule has 0 aliphatic heterocycles. The van der Waals surface area contributed by atoms with E-state index in [0.717, 1.165) is 6.07 Å². The van der Waals surface area contributed by atoms with E-state index in [1.807, 2.05) is 6.07 Å². The molecule has 7 nitrogen and oxygen atoms in total. The summed E-state index contributed by atoms with van der Waals surface area (Å²) < 4.78 is 50.3. The lowest BCUT2D eigenvalue weighted by Crippen LogP contribution is -2.11. The summed E-state index contributed by atoms with van der Waals surface area (Å²) in [6, 6.07) is 17.2. The molecule has 0 unspecified atom stereocenters. The zero-order valence-electron chi connectivity index (χ0n) is 17.4. The van der Waals surface area contributed by atoms with Crippen LogP contribution in [0.3, 0.4) is 0 Å². The van der Waals surface area contributed by atoms with E-state index in [2.05, 4.69) is 15.3 Å². The molecule has 3 aromatic carbocycles. The van der Waals surface area contributed by atoms with Gasteiger partial charge in [-0.3, -0.25) is 0 Å². The Morgan fingerprint density at radius 2 is 1.66 bits per heavy atom. The van der Waals surface area contributed by atoms with Crippen molar-refractivity contribution in [3.05, 3.63) is 78.2 Å². The Kier molecular flexibility index (Phi) is 5.91. The molecule has 0 bridgehead atoms. The highest BCUT2D eigenvalue weighted by atomic mass is 32.2. The minimum Gasteiger partial charge on any atom is -0.497 e. The van der Waals surface area contributed by atoms with Crippen LogP contribution in [-0.2, 0) is 15.6 Å². The van der Waals surface area contributed by atoms with E-state index in [0.29, 0.717) is 28.2 Å². The smallest absolute Gasteiger partial charge is 0.184 e. The van der Waals surface area contributed by atoms with Crippen LogP contribution >= 0.6 is 0 Å². The number of rotatable bonds is 7. The van der Waals surface area contributed by atoms with Crippen molar-refractivity contribution in [3.8, 4) is 11.5 Å². The van der Waals surface area contributed by atoms with Crippen molar-refractivity contribution < 1.29 is 22.3 Å². The first-order valence-corrected chi connectivity index (χ1v) is 11.3. The van der Waals surface area contributed by atoms with Crippen molar-refractivity contribution in [2.45, 2.75) is 10.6 Å². The van der Waals surface area contributed by atoms with Crippen LogP contribution < -0.4 is 14.8 Å². The van der Waals surface area contributed by atoms with E-state index < -0.39 is 21.4 Å². The van der Waals surface area contributed by atoms with Crippen LogP contribution in [0.1, 0.15) is 5.69 Å². The number of para-hydroxylation sites is 2. The zero-order chi connectivity index (χ0) is 22.7. The van der Waals surface area contributed by atoms with Gasteiger partial charge in [0.15, 0.2) is 15.7 Å². The number of nitrogens with one attached hydrogen (secondary N) is 1. The maximum absolute atomic E-state index is 13.6. The fraction of sp³-hybridized carbons (Fsp3) is 0.130. The van der Waals surface area contributed by atoms with Gasteiger partial charge in [0.05, 0.1) is 41.5 Å². The number of nitrogens with zero attached hydrogens (tertiary/aromatic N) is 2. The standard InChI is InChI=1S/C23H20FN3O4S/c1-30-16-10-11-22(31-2)20(13-16)27-23-21(25-18-8-3-4-9-19(18)26-23)14-32(28,29)17-7-5-6-15(24)12-17/h3-13H,14H2,1-2H3,(H,26,27). The molecule has 0 radical (unpaired) electrons. The minimum absolute atomic E-state index is 0.127. The number of halogens is 1. The Bertz CT molecular complexity index is 1390. The Balaban J connectivity index is 1.81. The van der Waals surface area contributed by atoms with Crippen LogP contribution in [0.5, 0.6) is 11.5 Å². The second-order valence-corrected chi connectivity index (χ2v) is 8.90. The molecule has 0 aliphatic carbocycles. The fourth-order valence-corrected chi connectivity index (χ4v) is 4.51. The van der Waals surface area contributed by atoms with E-state index in [1.165, 1.54) is 25.3 Å². The fourth-order valence-electron chi connectivity index (χ4n) is 3.20. The van der Waals surface area contributed by atoms with E-state index >= 15 is 0 Å². The monoisotopic (exact) mass is 453 g/mol. The lowest BCUT2D eigenvalue weighted by atomic mass is 10.2. The molecule has 0 spiro atoms. The third-order valence-corrected chi connectivity index (χ3v) is 6.41. The van der Waals surface area contributed by atoms with Gasteiger partial charge in [-0.25, -0.2) is 22.8 Å². The topological polar surface area (TPSA) is 90.4 Å². The second kappa shape index (κ2) is 8.80. The van der Waals surface area contributed by atoms with Crippen LogP contribution in [0.4, 0.5) is 15.9 Å². The molecule has 164 valence electrons. The van der Waals surface area contributed by atoms with Crippen LogP contribution in [0, 0.1) is 5.82 Å². The average molecular weight is 453 g/mol. The van der Waals surface area contributed by atoms with Crippen molar-refractivity contribution in [1.29, 1.82) is 0 Å². The summed E-state index contributed by atoms with van der Waals surface area (Å²) in [4.78, 5) is 8.99. The zero-order valence-corrected chi connectivity index (χ0v) is 18.2. The van der Waals surface area contributed by atoms with E-state index in [4.69, 9.17) is 9.47 Å². The number of fused-ring (bicyclic) bond motifs is 1. The molecule has 9 heteroatoms. The first-order chi connectivity index (χ1) is 15.4. The molecule has 4 aromatic rings. The predicted octanol–water partition coefficient (Wildman–Crippen LogP) is 4.50. The van der Waals surface area contributed by atoms with E-state index in [9.17, 15) is 12.8 Å². The van der Waals surface area contributed by atoms with Crippen molar-refractivity contribution in [3.63, 3.8) is 0 Å². The van der Waals surface area contributed by atoms with Crippen LogP contribution in [0.15, 0.2) is 71.6 Å². The summed E-state index contributed by atoms with van der Waals surface area (Å²) in [5.74, 6) is 0.240. The number of methoxy groups -OCH3 is 2. The maximum atomic E-state index is 13.6. The normalized spacial score (nSPS) is 11.3. The molecule has 0 atom stereocenters. The molecule has 1 heterocycles. The van der Waals surface area contributed by atoms with Gasteiger partial charge < -0.3 is 14.8 Å². The molecular weight excluding hydrogens is 433 g/mol. The molecule has 4 rings (SSSR count). The molecule has 32 heavy (non-hydrogen) atoms. The Morgan fingerprint density at radius 1 is 0.906 bits per heavy atom. The maximum Gasteiger partial charge on any atom is 0.184 e. The van der Waals surface area contributed by atoms with Gasteiger partial charge in [0.2, 0.25) is 0 Å². The van der Waals surface area contributed by atoms with E-state index in [-0.39, 0.29) is 16.4 Å². The molecule has 0 fully saturated rings. The van der Waals surface area contributed by atoms with Gasteiger partial charge in [-0.2, -0.15) is 0 Å². The predicted molar refractivity (Wildman–Crippen MR) is 120 cm³/mol. The molecule has 0 saturated carbocycles. The molecule has 1 N–H and O–H groups in total. The quantitative estimate of drug-likeness (QED) is 0.440. The number of hydrogen-bond donors (Lipinski definition) is 1.